The molecule has 0 aromatic heterocycles. The second kappa shape index (κ2) is 8.89. The second-order valence-corrected chi connectivity index (χ2v) is 7.24. The summed E-state index contributed by atoms with van der Waals surface area (Å²) in [5.74, 6) is 0.844. The molecular formula is C24H28N2O2. The number of rotatable bonds is 7. The molecule has 0 aliphatic rings. The van der Waals surface area contributed by atoms with Crippen molar-refractivity contribution in [2.45, 2.75) is 20.3 Å². The van der Waals surface area contributed by atoms with Gasteiger partial charge in [-0.05, 0) is 49.7 Å². The van der Waals surface area contributed by atoms with Crippen LogP contribution in [-0.2, 0) is 4.79 Å². The first-order valence-corrected chi connectivity index (χ1v) is 9.69. The predicted molar refractivity (Wildman–Crippen MR) is 117 cm³/mol. The van der Waals surface area contributed by atoms with Gasteiger partial charge in [0.25, 0.3) is 0 Å². The van der Waals surface area contributed by atoms with E-state index in [-0.39, 0.29) is 5.91 Å². The van der Waals surface area contributed by atoms with Crippen LogP contribution in [0.25, 0.3) is 21.9 Å². The van der Waals surface area contributed by atoms with Crippen molar-refractivity contribution >= 4 is 22.4 Å². The summed E-state index contributed by atoms with van der Waals surface area (Å²) in [4.78, 5) is 14.3. The van der Waals surface area contributed by atoms with Gasteiger partial charge >= 0.3 is 0 Å². The summed E-state index contributed by atoms with van der Waals surface area (Å²) in [5.41, 5.74) is 4.08. The molecule has 0 saturated carbocycles. The van der Waals surface area contributed by atoms with E-state index in [0.29, 0.717) is 13.0 Å². The summed E-state index contributed by atoms with van der Waals surface area (Å²) in [6.07, 6.45) is 0.440. The van der Waals surface area contributed by atoms with Crippen molar-refractivity contribution < 1.29 is 9.53 Å². The van der Waals surface area contributed by atoms with E-state index in [1.54, 1.807) is 0 Å². The number of carbonyl (C=O) groups is 1. The van der Waals surface area contributed by atoms with Crippen molar-refractivity contribution in [3.8, 4) is 16.9 Å². The maximum atomic E-state index is 12.2. The molecule has 0 aliphatic heterocycles. The van der Waals surface area contributed by atoms with Gasteiger partial charge in [-0.1, -0.05) is 49.4 Å². The van der Waals surface area contributed by atoms with Gasteiger partial charge in [0.05, 0.1) is 5.69 Å². The highest BCUT2D eigenvalue weighted by Gasteiger charge is 2.14. The molecule has 4 heteroatoms. The quantitative estimate of drug-likeness (QED) is 0.623. The van der Waals surface area contributed by atoms with E-state index < -0.39 is 0 Å². The smallest absolute Gasteiger partial charge is 0.224 e. The summed E-state index contributed by atoms with van der Waals surface area (Å²) >= 11 is 0. The largest absolute Gasteiger partial charge is 0.492 e. The van der Waals surface area contributed by atoms with E-state index in [1.807, 2.05) is 39.2 Å². The topological polar surface area (TPSA) is 41.6 Å². The van der Waals surface area contributed by atoms with Crippen molar-refractivity contribution in [1.29, 1.82) is 0 Å². The van der Waals surface area contributed by atoms with E-state index in [9.17, 15) is 4.79 Å². The van der Waals surface area contributed by atoms with Crippen LogP contribution in [0.15, 0.2) is 54.6 Å². The van der Waals surface area contributed by atoms with E-state index >= 15 is 0 Å². The third-order valence-electron chi connectivity index (χ3n) is 4.82. The minimum Gasteiger partial charge on any atom is -0.492 e. The van der Waals surface area contributed by atoms with Crippen LogP contribution in [0.5, 0.6) is 5.75 Å². The standard InChI is InChI=1S/C24H28N2O2/c1-5-23(27)25-24-20-9-7-6-8-18(20)11-13-21(24)22-16-19(12-10-17(22)2)28-15-14-26(3)4/h6-13,16H,5,14-15H2,1-4H3,(H,25,27). The highest BCUT2D eigenvalue weighted by Crippen LogP contribution is 2.38. The Labute approximate surface area is 167 Å². The van der Waals surface area contributed by atoms with Gasteiger partial charge in [0.15, 0.2) is 0 Å². The van der Waals surface area contributed by atoms with Gasteiger partial charge < -0.3 is 15.0 Å². The fourth-order valence-electron chi connectivity index (χ4n) is 3.19. The van der Waals surface area contributed by atoms with Crippen LogP contribution < -0.4 is 10.1 Å². The van der Waals surface area contributed by atoms with E-state index in [1.165, 1.54) is 0 Å². The Morgan fingerprint density at radius 3 is 2.57 bits per heavy atom. The molecule has 0 bridgehead atoms. The number of aryl methyl sites for hydroxylation is 1. The fourth-order valence-corrected chi connectivity index (χ4v) is 3.19. The minimum atomic E-state index is 0.00800. The second-order valence-electron chi connectivity index (χ2n) is 7.24. The number of amides is 1. The van der Waals surface area contributed by atoms with Crippen LogP contribution in [0.1, 0.15) is 18.9 Å². The van der Waals surface area contributed by atoms with Gasteiger partial charge in [0.2, 0.25) is 5.91 Å². The molecule has 3 rings (SSSR count). The van der Waals surface area contributed by atoms with E-state index in [4.69, 9.17) is 4.74 Å². The molecule has 1 N–H and O–H groups in total. The lowest BCUT2D eigenvalue weighted by Gasteiger charge is -2.17. The normalized spacial score (nSPS) is 11.0. The van der Waals surface area contributed by atoms with Crippen molar-refractivity contribution in [2.75, 3.05) is 32.6 Å². The van der Waals surface area contributed by atoms with E-state index in [0.717, 1.165) is 45.4 Å². The number of hydrogen-bond acceptors (Lipinski definition) is 3. The average Bonchev–Trinajstić information content (AvgIpc) is 2.69. The van der Waals surface area contributed by atoms with Crippen LogP contribution in [0, 0.1) is 6.92 Å². The molecule has 4 nitrogen and oxygen atoms in total. The number of fused-ring (bicyclic) bond motifs is 1. The molecule has 3 aromatic rings. The number of nitrogens with one attached hydrogen (secondary N) is 1. The first-order chi connectivity index (χ1) is 13.5. The lowest BCUT2D eigenvalue weighted by Crippen LogP contribution is -2.19. The molecule has 0 radical (unpaired) electrons. The number of carbonyl (C=O) groups excluding carboxylic acids is 1. The van der Waals surface area contributed by atoms with Gasteiger partial charge in [-0.25, -0.2) is 0 Å². The molecule has 3 aromatic carbocycles. The highest BCUT2D eigenvalue weighted by molar-refractivity contribution is 6.08. The number of likely N-dealkylation sites (N-methyl/N-ethyl adjacent to an activating group) is 1. The molecule has 28 heavy (non-hydrogen) atoms. The molecule has 146 valence electrons. The Morgan fingerprint density at radius 1 is 1.04 bits per heavy atom. The number of anilines is 1. The first kappa shape index (κ1) is 19.9. The predicted octanol–water partition coefficient (Wildman–Crippen LogP) is 5.10. The van der Waals surface area contributed by atoms with Gasteiger partial charge in [-0.2, -0.15) is 0 Å². The molecule has 0 heterocycles. The third kappa shape index (κ3) is 4.52. The molecule has 1 amide bonds. The number of ether oxygens (including phenoxy) is 1. The van der Waals surface area contributed by atoms with Gasteiger partial charge in [0, 0.05) is 23.9 Å². The average molecular weight is 377 g/mol. The lowest BCUT2D eigenvalue weighted by atomic mass is 9.95. The number of hydrogen-bond donors (Lipinski definition) is 1. The van der Waals surface area contributed by atoms with Crippen molar-refractivity contribution in [3.05, 3.63) is 60.2 Å². The molecule has 0 spiro atoms. The van der Waals surface area contributed by atoms with Crippen LogP contribution >= 0.6 is 0 Å². The number of nitrogens with zero attached hydrogens (tertiary/aromatic N) is 1. The van der Waals surface area contributed by atoms with Gasteiger partial charge in [-0.15, -0.1) is 0 Å². The summed E-state index contributed by atoms with van der Waals surface area (Å²) in [6.45, 7) is 5.44. The van der Waals surface area contributed by atoms with Crippen LogP contribution in [0.3, 0.4) is 0 Å². The lowest BCUT2D eigenvalue weighted by molar-refractivity contribution is -0.115. The Kier molecular flexibility index (Phi) is 6.32. The molecular weight excluding hydrogens is 348 g/mol. The highest BCUT2D eigenvalue weighted by atomic mass is 16.5. The Morgan fingerprint density at radius 2 is 1.82 bits per heavy atom. The monoisotopic (exact) mass is 376 g/mol. The molecule has 0 aliphatic carbocycles. The van der Waals surface area contributed by atoms with E-state index in [2.05, 4.69) is 53.5 Å². The zero-order chi connectivity index (χ0) is 20.1. The summed E-state index contributed by atoms with van der Waals surface area (Å²) in [6, 6.07) is 18.5. The first-order valence-electron chi connectivity index (χ1n) is 9.69. The molecule has 0 atom stereocenters. The minimum absolute atomic E-state index is 0.00800. The Balaban J connectivity index is 2.07. The summed E-state index contributed by atoms with van der Waals surface area (Å²) in [7, 11) is 4.06. The maximum Gasteiger partial charge on any atom is 0.224 e. The van der Waals surface area contributed by atoms with Crippen molar-refractivity contribution in [2.24, 2.45) is 0 Å². The van der Waals surface area contributed by atoms with Gasteiger partial charge in [-0.3, -0.25) is 4.79 Å². The van der Waals surface area contributed by atoms with Crippen LogP contribution in [-0.4, -0.2) is 38.1 Å². The Bertz CT molecular complexity index is 980. The van der Waals surface area contributed by atoms with Crippen molar-refractivity contribution in [3.63, 3.8) is 0 Å². The van der Waals surface area contributed by atoms with Gasteiger partial charge in [0.1, 0.15) is 12.4 Å². The molecule has 0 saturated heterocycles. The third-order valence-corrected chi connectivity index (χ3v) is 4.82. The molecule has 0 fully saturated rings. The SMILES string of the molecule is CCC(=O)Nc1c(-c2cc(OCCN(C)C)ccc2C)ccc2ccccc12. The van der Waals surface area contributed by atoms with Crippen molar-refractivity contribution in [1.82, 2.24) is 4.90 Å². The Hall–Kier alpha value is -2.85. The maximum absolute atomic E-state index is 12.2. The number of benzene rings is 3. The summed E-state index contributed by atoms with van der Waals surface area (Å²) in [5, 5.41) is 5.27. The van der Waals surface area contributed by atoms with Crippen LogP contribution in [0.2, 0.25) is 0 Å². The zero-order valence-electron chi connectivity index (χ0n) is 17.1. The summed E-state index contributed by atoms with van der Waals surface area (Å²) < 4.78 is 5.93. The zero-order valence-corrected chi connectivity index (χ0v) is 17.1. The van der Waals surface area contributed by atoms with Crippen LogP contribution in [0.4, 0.5) is 5.69 Å². The fraction of sp³-hybridized carbons (Fsp3) is 0.292. The molecule has 0 unspecified atom stereocenters.